The van der Waals surface area contributed by atoms with Crippen molar-refractivity contribution < 1.29 is 9.53 Å². The fourth-order valence-corrected chi connectivity index (χ4v) is 2.43. The summed E-state index contributed by atoms with van der Waals surface area (Å²) in [6.45, 7) is 3.60. The number of ether oxygens (including phenoxy) is 1. The number of rotatable bonds is 3. The van der Waals surface area contributed by atoms with Crippen LogP contribution in [-0.2, 0) is 9.53 Å². The van der Waals surface area contributed by atoms with Crippen LogP contribution in [0, 0.1) is 5.92 Å². The molecular weight excluding hydrogens is 164 g/mol. The number of hydrogen-bond donors (Lipinski definition) is 0. The zero-order valence-corrected chi connectivity index (χ0v) is 7.87. The maximum absolute atomic E-state index is 11.6. The zero-order valence-electron chi connectivity index (χ0n) is 7.87. The Labute approximate surface area is 79.0 Å². The van der Waals surface area contributed by atoms with Gasteiger partial charge in [0.25, 0.3) is 0 Å². The molecule has 2 atom stereocenters. The van der Waals surface area contributed by atoms with E-state index in [0.717, 1.165) is 25.7 Å². The number of Topliss-reactive ketones (excluding diaryl/α,β-unsaturated/α-hetero) is 1. The van der Waals surface area contributed by atoms with Gasteiger partial charge in [0.2, 0.25) is 0 Å². The fourth-order valence-electron chi connectivity index (χ4n) is 2.43. The molecule has 2 unspecified atom stereocenters. The second kappa shape index (κ2) is 3.62. The molecule has 2 saturated heterocycles. The summed E-state index contributed by atoms with van der Waals surface area (Å²) < 4.78 is 5.68. The van der Waals surface area contributed by atoms with E-state index >= 15 is 0 Å². The minimum Gasteiger partial charge on any atom is -0.375 e. The van der Waals surface area contributed by atoms with Gasteiger partial charge in [0, 0.05) is 12.3 Å². The van der Waals surface area contributed by atoms with Crippen molar-refractivity contribution in [3.63, 3.8) is 0 Å². The largest absolute Gasteiger partial charge is 0.375 e. The molecule has 2 heteroatoms. The molecule has 72 valence electrons. The Hall–Kier alpha value is -0.630. The second-order valence-corrected chi connectivity index (χ2v) is 4.08. The summed E-state index contributed by atoms with van der Waals surface area (Å²) in [7, 11) is 0. The maximum Gasteiger partial charge on any atom is 0.139 e. The van der Waals surface area contributed by atoms with E-state index in [1.807, 2.05) is 0 Å². The first kappa shape index (κ1) is 8.95. The third-order valence-corrected chi connectivity index (χ3v) is 3.09. The molecule has 2 aliphatic heterocycles. The summed E-state index contributed by atoms with van der Waals surface area (Å²) in [6.07, 6.45) is 7.19. The smallest absolute Gasteiger partial charge is 0.139 e. The Bertz CT molecular complexity index is 210. The van der Waals surface area contributed by atoms with Crippen LogP contribution in [0.4, 0.5) is 0 Å². The number of allylic oxidation sites excluding steroid dienone is 1. The van der Waals surface area contributed by atoms with Gasteiger partial charge in [-0.1, -0.05) is 6.08 Å². The standard InChI is InChI=1S/C11H16O2/c1-2-3-11(12)8-6-9-4-5-10(7-8)13-9/h2,8-10H,1,3-7H2. The summed E-state index contributed by atoms with van der Waals surface area (Å²) >= 11 is 0. The highest BCUT2D eigenvalue weighted by atomic mass is 16.5. The molecule has 2 aliphatic rings. The molecule has 0 aliphatic carbocycles. The van der Waals surface area contributed by atoms with E-state index in [4.69, 9.17) is 4.74 Å². The van der Waals surface area contributed by atoms with Crippen LogP contribution in [0.5, 0.6) is 0 Å². The van der Waals surface area contributed by atoms with Crippen LogP contribution >= 0.6 is 0 Å². The lowest BCUT2D eigenvalue weighted by atomic mass is 9.90. The zero-order chi connectivity index (χ0) is 9.26. The highest BCUT2D eigenvalue weighted by Gasteiger charge is 2.37. The average Bonchev–Trinajstić information content (AvgIpc) is 2.46. The molecule has 0 spiro atoms. The predicted molar refractivity (Wildman–Crippen MR) is 50.4 cm³/mol. The van der Waals surface area contributed by atoms with Crippen molar-refractivity contribution in [1.82, 2.24) is 0 Å². The molecule has 0 amide bonds. The quantitative estimate of drug-likeness (QED) is 0.622. The molecule has 2 nitrogen and oxygen atoms in total. The van der Waals surface area contributed by atoms with Gasteiger partial charge < -0.3 is 4.74 Å². The van der Waals surface area contributed by atoms with Crippen molar-refractivity contribution in [2.24, 2.45) is 5.92 Å². The molecule has 0 aromatic rings. The van der Waals surface area contributed by atoms with Crippen molar-refractivity contribution in [2.75, 3.05) is 0 Å². The summed E-state index contributed by atoms with van der Waals surface area (Å²) in [6, 6.07) is 0. The maximum atomic E-state index is 11.6. The lowest BCUT2D eigenvalue weighted by molar-refractivity contribution is -0.127. The van der Waals surface area contributed by atoms with Gasteiger partial charge in [0.1, 0.15) is 5.78 Å². The monoisotopic (exact) mass is 180 g/mol. The van der Waals surface area contributed by atoms with Gasteiger partial charge in [0.15, 0.2) is 0 Å². The highest BCUT2D eigenvalue weighted by Crippen LogP contribution is 2.36. The summed E-state index contributed by atoms with van der Waals surface area (Å²) in [4.78, 5) is 11.6. The Morgan fingerprint density at radius 1 is 1.38 bits per heavy atom. The third-order valence-electron chi connectivity index (χ3n) is 3.09. The van der Waals surface area contributed by atoms with Gasteiger partial charge >= 0.3 is 0 Å². The molecule has 0 radical (unpaired) electrons. The molecular formula is C11H16O2. The first-order chi connectivity index (χ1) is 6.29. The molecule has 2 fully saturated rings. The van der Waals surface area contributed by atoms with Crippen molar-refractivity contribution >= 4 is 5.78 Å². The third kappa shape index (κ3) is 1.83. The molecule has 2 bridgehead atoms. The summed E-state index contributed by atoms with van der Waals surface area (Å²) in [5, 5.41) is 0. The van der Waals surface area contributed by atoms with Gasteiger partial charge in [-0.3, -0.25) is 4.79 Å². The SMILES string of the molecule is C=CCC(=O)C1CC2CCC(C1)O2. The van der Waals surface area contributed by atoms with Gasteiger partial charge in [0.05, 0.1) is 12.2 Å². The van der Waals surface area contributed by atoms with Crippen LogP contribution in [0.25, 0.3) is 0 Å². The molecule has 0 saturated carbocycles. The van der Waals surface area contributed by atoms with Crippen LogP contribution in [0.3, 0.4) is 0 Å². The van der Waals surface area contributed by atoms with Crippen molar-refractivity contribution in [1.29, 1.82) is 0 Å². The van der Waals surface area contributed by atoms with E-state index in [2.05, 4.69) is 6.58 Å². The van der Waals surface area contributed by atoms with Gasteiger partial charge in [-0.2, -0.15) is 0 Å². The Morgan fingerprint density at radius 2 is 2.00 bits per heavy atom. The lowest BCUT2D eigenvalue weighted by Gasteiger charge is -2.26. The molecule has 0 aromatic heterocycles. The number of hydrogen-bond acceptors (Lipinski definition) is 2. The van der Waals surface area contributed by atoms with E-state index in [1.54, 1.807) is 6.08 Å². The molecule has 2 heterocycles. The van der Waals surface area contributed by atoms with Crippen molar-refractivity contribution in [3.8, 4) is 0 Å². The minimum atomic E-state index is 0.254. The van der Waals surface area contributed by atoms with Gasteiger partial charge in [-0.25, -0.2) is 0 Å². The lowest BCUT2D eigenvalue weighted by Crippen LogP contribution is -2.29. The van der Waals surface area contributed by atoms with Crippen LogP contribution < -0.4 is 0 Å². The van der Waals surface area contributed by atoms with E-state index in [0.29, 0.717) is 24.4 Å². The van der Waals surface area contributed by atoms with Crippen LogP contribution in [-0.4, -0.2) is 18.0 Å². The summed E-state index contributed by atoms with van der Waals surface area (Å²) in [5.41, 5.74) is 0. The minimum absolute atomic E-state index is 0.254. The first-order valence-corrected chi connectivity index (χ1v) is 5.08. The number of ketones is 1. The Kier molecular flexibility index (Phi) is 2.49. The molecule has 2 rings (SSSR count). The highest BCUT2D eigenvalue weighted by molar-refractivity contribution is 5.82. The number of carbonyl (C=O) groups excluding carboxylic acids is 1. The van der Waals surface area contributed by atoms with Gasteiger partial charge in [-0.05, 0) is 25.7 Å². The number of fused-ring (bicyclic) bond motifs is 2. The van der Waals surface area contributed by atoms with E-state index in [1.165, 1.54) is 0 Å². The second-order valence-electron chi connectivity index (χ2n) is 4.08. The average molecular weight is 180 g/mol. The van der Waals surface area contributed by atoms with Crippen LogP contribution in [0.1, 0.15) is 32.1 Å². The van der Waals surface area contributed by atoms with E-state index in [-0.39, 0.29) is 5.92 Å². The topological polar surface area (TPSA) is 26.3 Å². The fraction of sp³-hybridized carbons (Fsp3) is 0.727. The number of carbonyl (C=O) groups is 1. The molecule has 0 N–H and O–H groups in total. The normalized spacial score (nSPS) is 37.4. The van der Waals surface area contributed by atoms with Gasteiger partial charge in [-0.15, -0.1) is 6.58 Å². The first-order valence-electron chi connectivity index (χ1n) is 5.08. The Balaban J connectivity index is 1.94. The van der Waals surface area contributed by atoms with Crippen LogP contribution in [0.2, 0.25) is 0 Å². The van der Waals surface area contributed by atoms with Crippen molar-refractivity contribution in [3.05, 3.63) is 12.7 Å². The predicted octanol–water partition coefficient (Wildman–Crippen LogP) is 2.09. The molecule has 13 heavy (non-hydrogen) atoms. The van der Waals surface area contributed by atoms with Crippen LogP contribution in [0.15, 0.2) is 12.7 Å². The van der Waals surface area contributed by atoms with Crippen molar-refractivity contribution in [2.45, 2.75) is 44.3 Å². The Morgan fingerprint density at radius 3 is 2.54 bits per heavy atom. The molecule has 0 aromatic carbocycles. The summed E-state index contributed by atoms with van der Waals surface area (Å²) in [5.74, 6) is 0.611. The van der Waals surface area contributed by atoms with E-state index < -0.39 is 0 Å². The van der Waals surface area contributed by atoms with E-state index in [9.17, 15) is 4.79 Å².